The molecule has 1 heteroatoms. The molecule has 98 valence electrons. The summed E-state index contributed by atoms with van der Waals surface area (Å²) in [5.74, 6) is 0.235. The van der Waals surface area contributed by atoms with E-state index in [1.807, 2.05) is 25.1 Å². The Bertz CT molecular complexity index is 569. The molecule has 0 aromatic heterocycles. The third-order valence-corrected chi connectivity index (χ3v) is 3.37. The van der Waals surface area contributed by atoms with Crippen LogP contribution in [0, 0.1) is 0 Å². The van der Waals surface area contributed by atoms with Crippen LogP contribution in [0.1, 0.15) is 42.6 Å². The number of rotatable bonds is 5. The molecule has 0 aliphatic carbocycles. The third-order valence-electron chi connectivity index (χ3n) is 3.37. The molecule has 0 bridgehead atoms. The summed E-state index contributed by atoms with van der Waals surface area (Å²) < 4.78 is 0. The molecule has 2 rings (SSSR count). The first kappa shape index (κ1) is 13.5. The minimum Gasteiger partial charge on any atom is -0.294 e. The maximum Gasteiger partial charge on any atom is 0.162 e. The number of hydrogen-bond acceptors (Lipinski definition) is 1. The Hall–Kier alpha value is -1.89. The van der Waals surface area contributed by atoms with Gasteiger partial charge in [0, 0.05) is 12.0 Å². The van der Waals surface area contributed by atoms with Crippen molar-refractivity contribution in [1.82, 2.24) is 0 Å². The van der Waals surface area contributed by atoms with Gasteiger partial charge in [0.15, 0.2) is 5.78 Å². The van der Waals surface area contributed by atoms with Crippen molar-refractivity contribution >= 4 is 5.78 Å². The van der Waals surface area contributed by atoms with Crippen LogP contribution in [0.15, 0.2) is 48.5 Å². The Labute approximate surface area is 115 Å². The lowest BCUT2D eigenvalue weighted by atomic mass is 9.95. The first-order chi connectivity index (χ1) is 9.26. The molecule has 0 amide bonds. The summed E-state index contributed by atoms with van der Waals surface area (Å²) in [4.78, 5) is 12.0. The quantitative estimate of drug-likeness (QED) is 0.692. The number of aryl methyl sites for hydroxylation is 1. The highest BCUT2D eigenvalue weighted by Crippen LogP contribution is 2.25. The van der Waals surface area contributed by atoms with E-state index in [2.05, 4.69) is 37.3 Å². The number of carbonyl (C=O) groups is 1. The Kier molecular flexibility index (Phi) is 4.51. The molecule has 0 aliphatic rings. The van der Waals surface area contributed by atoms with Gasteiger partial charge in [0.2, 0.25) is 0 Å². The molecule has 0 unspecified atom stereocenters. The highest BCUT2D eigenvalue weighted by Gasteiger charge is 2.08. The summed E-state index contributed by atoms with van der Waals surface area (Å²) in [6, 6.07) is 16.4. The summed E-state index contributed by atoms with van der Waals surface area (Å²) >= 11 is 0. The van der Waals surface area contributed by atoms with Crippen LogP contribution in [0.4, 0.5) is 0 Å². The maximum absolute atomic E-state index is 12.0. The van der Waals surface area contributed by atoms with E-state index in [1.54, 1.807) is 0 Å². The minimum atomic E-state index is 0.235. The molecule has 1 nitrogen and oxygen atoms in total. The van der Waals surface area contributed by atoms with Gasteiger partial charge in [0.05, 0.1) is 0 Å². The predicted octanol–water partition coefficient (Wildman–Crippen LogP) is 4.90. The topological polar surface area (TPSA) is 17.1 Å². The van der Waals surface area contributed by atoms with Gasteiger partial charge in [0.25, 0.3) is 0 Å². The Balaban J connectivity index is 2.40. The zero-order chi connectivity index (χ0) is 13.7. The van der Waals surface area contributed by atoms with Gasteiger partial charge in [-0.3, -0.25) is 4.79 Å². The highest BCUT2D eigenvalue weighted by molar-refractivity contribution is 5.97. The largest absolute Gasteiger partial charge is 0.294 e. The first-order valence-corrected chi connectivity index (χ1v) is 6.97. The molecule has 0 spiro atoms. The lowest BCUT2D eigenvalue weighted by Crippen LogP contribution is -1.98. The van der Waals surface area contributed by atoms with Crippen LogP contribution in [0.3, 0.4) is 0 Å². The molecule has 0 aliphatic heterocycles. The number of carbonyl (C=O) groups excluding carboxylic acids is 1. The van der Waals surface area contributed by atoms with Gasteiger partial charge in [-0.25, -0.2) is 0 Å². The average molecular weight is 252 g/mol. The fourth-order valence-electron chi connectivity index (χ4n) is 2.34. The molecular formula is C18H20O. The van der Waals surface area contributed by atoms with Crippen molar-refractivity contribution in [3.8, 4) is 11.1 Å². The first-order valence-electron chi connectivity index (χ1n) is 6.97. The van der Waals surface area contributed by atoms with E-state index in [4.69, 9.17) is 0 Å². The normalized spacial score (nSPS) is 10.4. The van der Waals surface area contributed by atoms with Gasteiger partial charge in [-0.15, -0.1) is 0 Å². The van der Waals surface area contributed by atoms with Gasteiger partial charge >= 0.3 is 0 Å². The van der Waals surface area contributed by atoms with E-state index in [-0.39, 0.29) is 5.78 Å². The lowest BCUT2D eigenvalue weighted by Gasteiger charge is -2.09. The summed E-state index contributed by atoms with van der Waals surface area (Å²) in [5.41, 5.74) is 4.52. The lowest BCUT2D eigenvalue weighted by molar-refractivity contribution is 0.0982. The number of ketones is 1. The third kappa shape index (κ3) is 3.11. The van der Waals surface area contributed by atoms with Gasteiger partial charge in [0.1, 0.15) is 0 Å². The van der Waals surface area contributed by atoms with Crippen molar-refractivity contribution in [3.63, 3.8) is 0 Å². The highest BCUT2D eigenvalue weighted by atomic mass is 16.1. The fraction of sp³-hybridized carbons (Fsp3) is 0.278. The fourth-order valence-corrected chi connectivity index (χ4v) is 2.34. The van der Waals surface area contributed by atoms with E-state index < -0.39 is 0 Å². The second kappa shape index (κ2) is 6.33. The molecule has 0 N–H and O–H groups in total. The Morgan fingerprint density at radius 2 is 1.79 bits per heavy atom. The zero-order valence-electron chi connectivity index (χ0n) is 11.6. The van der Waals surface area contributed by atoms with E-state index in [0.717, 1.165) is 24.0 Å². The van der Waals surface area contributed by atoms with Crippen LogP contribution in [0.25, 0.3) is 11.1 Å². The van der Waals surface area contributed by atoms with Crippen molar-refractivity contribution in [2.45, 2.75) is 33.1 Å². The van der Waals surface area contributed by atoms with Gasteiger partial charge in [-0.05, 0) is 35.6 Å². The molecule has 0 atom stereocenters. The molecule has 0 saturated heterocycles. The number of hydrogen-bond donors (Lipinski definition) is 0. The van der Waals surface area contributed by atoms with E-state index >= 15 is 0 Å². The Morgan fingerprint density at radius 1 is 1.00 bits per heavy atom. The summed E-state index contributed by atoms with van der Waals surface area (Å²) in [7, 11) is 0. The summed E-state index contributed by atoms with van der Waals surface area (Å²) in [6.07, 6.45) is 2.52. The molecule has 0 radical (unpaired) electrons. The van der Waals surface area contributed by atoms with Crippen molar-refractivity contribution in [2.24, 2.45) is 0 Å². The van der Waals surface area contributed by atoms with Crippen LogP contribution in [-0.2, 0) is 6.42 Å². The summed E-state index contributed by atoms with van der Waals surface area (Å²) in [5, 5.41) is 0. The minimum absolute atomic E-state index is 0.235. The second-order valence-electron chi connectivity index (χ2n) is 4.76. The average Bonchev–Trinajstić information content (AvgIpc) is 2.47. The monoisotopic (exact) mass is 252 g/mol. The molecule has 19 heavy (non-hydrogen) atoms. The second-order valence-corrected chi connectivity index (χ2v) is 4.76. The van der Waals surface area contributed by atoms with Gasteiger partial charge < -0.3 is 0 Å². The zero-order valence-corrected chi connectivity index (χ0v) is 11.6. The molecule has 0 fully saturated rings. The van der Waals surface area contributed by atoms with Crippen LogP contribution in [0.2, 0.25) is 0 Å². The predicted molar refractivity (Wildman–Crippen MR) is 80.5 cm³/mol. The van der Waals surface area contributed by atoms with E-state index in [0.29, 0.717) is 6.42 Å². The Morgan fingerprint density at radius 3 is 2.53 bits per heavy atom. The molecule has 2 aromatic carbocycles. The van der Waals surface area contributed by atoms with E-state index in [1.165, 1.54) is 11.1 Å². The summed E-state index contributed by atoms with van der Waals surface area (Å²) in [6.45, 7) is 4.19. The van der Waals surface area contributed by atoms with Crippen molar-refractivity contribution < 1.29 is 4.79 Å². The van der Waals surface area contributed by atoms with E-state index in [9.17, 15) is 4.79 Å². The number of Topliss-reactive ketones (excluding diaryl/α,β-unsaturated/α-hetero) is 1. The van der Waals surface area contributed by atoms with Gasteiger partial charge in [-0.1, -0.05) is 56.3 Å². The SMILES string of the molecule is CCCC(=O)c1cccc(-c2ccccc2CC)c1. The molecule has 0 saturated carbocycles. The van der Waals surface area contributed by atoms with Crippen molar-refractivity contribution in [1.29, 1.82) is 0 Å². The molecule has 0 heterocycles. The smallest absolute Gasteiger partial charge is 0.162 e. The van der Waals surface area contributed by atoms with Crippen molar-refractivity contribution in [2.75, 3.05) is 0 Å². The van der Waals surface area contributed by atoms with Crippen LogP contribution in [-0.4, -0.2) is 5.78 Å². The van der Waals surface area contributed by atoms with Crippen molar-refractivity contribution in [3.05, 3.63) is 59.7 Å². The molecule has 2 aromatic rings. The number of benzene rings is 2. The van der Waals surface area contributed by atoms with Crippen LogP contribution < -0.4 is 0 Å². The maximum atomic E-state index is 12.0. The van der Waals surface area contributed by atoms with Crippen LogP contribution in [0.5, 0.6) is 0 Å². The molecular weight excluding hydrogens is 232 g/mol. The van der Waals surface area contributed by atoms with Gasteiger partial charge in [-0.2, -0.15) is 0 Å². The van der Waals surface area contributed by atoms with Crippen LogP contribution >= 0.6 is 0 Å². The standard InChI is InChI=1S/C18H20O/c1-3-8-18(19)16-11-7-10-15(13-16)17-12-6-5-9-14(17)4-2/h5-7,9-13H,3-4,8H2,1-2H3.